The highest BCUT2D eigenvalue weighted by Gasteiger charge is 2.27. The molecule has 1 rings (SSSR count). The predicted octanol–water partition coefficient (Wildman–Crippen LogP) is 0.137. The molecule has 0 aromatic rings. The number of nitrogens with zero attached hydrogens (tertiary/aromatic N) is 1. The van der Waals surface area contributed by atoms with Crippen LogP contribution in [-0.2, 0) is 0 Å². The third-order valence-corrected chi connectivity index (χ3v) is 2.52. The van der Waals surface area contributed by atoms with Crippen LogP contribution in [0.4, 0.5) is 4.79 Å². The fourth-order valence-electron chi connectivity index (χ4n) is 1.60. The summed E-state index contributed by atoms with van der Waals surface area (Å²) in [5.41, 5.74) is 5.84. The monoisotopic (exact) mass is 171 g/mol. The summed E-state index contributed by atoms with van der Waals surface area (Å²) in [5, 5.41) is 2.62. The maximum Gasteiger partial charge on any atom is 0.317 e. The lowest BCUT2D eigenvalue weighted by molar-refractivity contribution is 0.148. The molecule has 4 heteroatoms. The van der Waals surface area contributed by atoms with Crippen LogP contribution in [0, 0.1) is 0 Å². The van der Waals surface area contributed by atoms with Crippen LogP contribution in [0.2, 0.25) is 0 Å². The van der Waals surface area contributed by atoms with Gasteiger partial charge in [0.25, 0.3) is 0 Å². The van der Waals surface area contributed by atoms with E-state index in [-0.39, 0.29) is 18.1 Å². The molecule has 1 fully saturated rings. The smallest absolute Gasteiger partial charge is 0.317 e. The first-order chi connectivity index (χ1) is 5.66. The number of carbonyl (C=O) groups is 1. The normalized spacial score (nSPS) is 30.1. The van der Waals surface area contributed by atoms with Crippen molar-refractivity contribution in [2.24, 2.45) is 5.73 Å². The van der Waals surface area contributed by atoms with Crippen molar-refractivity contribution < 1.29 is 4.79 Å². The van der Waals surface area contributed by atoms with Gasteiger partial charge in [0, 0.05) is 25.7 Å². The van der Waals surface area contributed by atoms with Crippen molar-refractivity contribution in [3.63, 3.8) is 0 Å². The topological polar surface area (TPSA) is 58.4 Å². The Morgan fingerprint density at radius 1 is 1.67 bits per heavy atom. The van der Waals surface area contributed by atoms with E-state index in [1.165, 1.54) is 0 Å². The number of nitrogens with two attached hydrogens (primary N) is 1. The molecule has 1 saturated heterocycles. The average Bonchev–Trinajstić information content (AvgIpc) is 2.08. The highest BCUT2D eigenvalue weighted by atomic mass is 16.2. The van der Waals surface area contributed by atoms with E-state index >= 15 is 0 Å². The van der Waals surface area contributed by atoms with Crippen molar-refractivity contribution >= 4 is 6.03 Å². The van der Waals surface area contributed by atoms with Crippen LogP contribution < -0.4 is 11.1 Å². The highest BCUT2D eigenvalue weighted by Crippen LogP contribution is 2.15. The third kappa shape index (κ3) is 1.69. The van der Waals surface area contributed by atoms with Gasteiger partial charge in [0.05, 0.1) is 0 Å². The summed E-state index contributed by atoms with van der Waals surface area (Å²) in [6, 6.07) is 0.285. The van der Waals surface area contributed by atoms with Gasteiger partial charge in [-0.1, -0.05) is 0 Å². The van der Waals surface area contributed by atoms with E-state index in [9.17, 15) is 4.79 Å². The minimum atomic E-state index is -0.0161. The van der Waals surface area contributed by atoms with E-state index in [2.05, 4.69) is 5.32 Å². The minimum absolute atomic E-state index is 0.0161. The van der Waals surface area contributed by atoms with Gasteiger partial charge in [0.2, 0.25) is 0 Å². The number of likely N-dealkylation sites (tertiary alicyclic amines) is 1. The van der Waals surface area contributed by atoms with Crippen molar-refractivity contribution in [2.45, 2.75) is 31.8 Å². The van der Waals surface area contributed by atoms with E-state index in [0.717, 1.165) is 19.4 Å². The highest BCUT2D eigenvalue weighted by molar-refractivity contribution is 5.74. The average molecular weight is 171 g/mol. The predicted molar refractivity (Wildman–Crippen MR) is 47.8 cm³/mol. The lowest BCUT2D eigenvalue weighted by Gasteiger charge is -2.37. The maximum absolute atomic E-state index is 11.3. The fraction of sp³-hybridized carbons (Fsp3) is 0.875. The lowest BCUT2D eigenvalue weighted by atomic mass is 9.99. The van der Waals surface area contributed by atoms with E-state index < -0.39 is 0 Å². The molecule has 2 atom stereocenters. The first-order valence-electron chi connectivity index (χ1n) is 4.40. The second-order valence-electron chi connectivity index (χ2n) is 3.30. The number of rotatable bonds is 0. The first-order valence-corrected chi connectivity index (χ1v) is 4.40. The Morgan fingerprint density at radius 3 is 2.92 bits per heavy atom. The molecule has 12 heavy (non-hydrogen) atoms. The van der Waals surface area contributed by atoms with Gasteiger partial charge in [-0.15, -0.1) is 0 Å². The van der Waals surface area contributed by atoms with E-state index in [1.54, 1.807) is 11.9 Å². The SMILES string of the molecule is CNC(=O)N1CCC[C@@H](N)[C@H]1C. The van der Waals surface area contributed by atoms with E-state index in [4.69, 9.17) is 5.73 Å². The summed E-state index contributed by atoms with van der Waals surface area (Å²) >= 11 is 0. The summed E-state index contributed by atoms with van der Waals surface area (Å²) in [6.45, 7) is 2.83. The molecule has 3 N–H and O–H groups in total. The van der Waals surface area contributed by atoms with Crippen molar-refractivity contribution in [1.29, 1.82) is 0 Å². The number of amides is 2. The number of urea groups is 1. The van der Waals surface area contributed by atoms with Gasteiger partial charge in [-0.25, -0.2) is 4.79 Å². The molecule has 1 aliphatic rings. The van der Waals surface area contributed by atoms with Crippen LogP contribution in [0.15, 0.2) is 0 Å². The molecule has 0 bridgehead atoms. The van der Waals surface area contributed by atoms with Crippen molar-refractivity contribution in [3.8, 4) is 0 Å². The van der Waals surface area contributed by atoms with Crippen molar-refractivity contribution in [2.75, 3.05) is 13.6 Å². The molecule has 70 valence electrons. The second-order valence-corrected chi connectivity index (χ2v) is 3.30. The van der Waals surface area contributed by atoms with Gasteiger partial charge in [-0.3, -0.25) is 0 Å². The van der Waals surface area contributed by atoms with E-state index in [1.807, 2.05) is 6.92 Å². The number of piperidine rings is 1. The molecule has 0 aromatic heterocycles. The molecule has 2 amide bonds. The lowest BCUT2D eigenvalue weighted by Crippen LogP contribution is -2.54. The van der Waals surface area contributed by atoms with Crippen LogP contribution >= 0.6 is 0 Å². The van der Waals surface area contributed by atoms with Crippen LogP contribution in [0.5, 0.6) is 0 Å². The molecule has 0 radical (unpaired) electrons. The van der Waals surface area contributed by atoms with Crippen LogP contribution in [-0.4, -0.2) is 36.6 Å². The summed E-state index contributed by atoms with van der Waals surface area (Å²) < 4.78 is 0. The van der Waals surface area contributed by atoms with Crippen molar-refractivity contribution in [1.82, 2.24) is 10.2 Å². The molecule has 0 aromatic carbocycles. The molecular formula is C8H17N3O. The van der Waals surface area contributed by atoms with E-state index in [0.29, 0.717) is 0 Å². The number of hydrogen-bond donors (Lipinski definition) is 2. The number of hydrogen-bond acceptors (Lipinski definition) is 2. The Labute approximate surface area is 73.1 Å². The molecule has 1 heterocycles. The minimum Gasteiger partial charge on any atom is -0.341 e. The summed E-state index contributed by atoms with van der Waals surface area (Å²) in [7, 11) is 1.65. The number of nitrogens with one attached hydrogen (secondary N) is 1. The second kappa shape index (κ2) is 3.76. The summed E-state index contributed by atoms with van der Waals surface area (Å²) in [5.74, 6) is 0. The molecule has 1 aliphatic heterocycles. The molecule has 0 saturated carbocycles. The Kier molecular flexibility index (Phi) is 2.92. The molecule has 0 spiro atoms. The fourth-order valence-corrected chi connectivity index (χ4v) is 1.60. The van der Waals surface area contributed by atoms with Crippen LogP contribution in [0.1, 0.15) is 19.8 Å². The van der Waals surface area contributed by atoms with Gasteiger partial charge in [-0.2, -0.15) is 0 Å². The van der Waals surface area contributed by atoms with Gasteiger partial charge in [0.1, 0.15) is 0 Å². The molecule has 0 aliphatic carbocycles. The number of carbonyl (C=O) groups excluding carboxylic acids is 1. The maximum atomic E-state index is 11.3. The quantitative estimate of drug-likeness (QED) is 0.544. The van der Waals surface area contributed by atoms with Gasteiger partial charge in [-0.05, 0) is 19.8 Å². The Morgan fingerprint density at radius 2 is 2.33 bits per heavy atom. The standard InChI is InChI=1S/C8H17N3O/c1-6-7(9)4-3-5-11(6)8(12)10-2/h6-7H,3-5,9H2,1-2H3,(H,10,12)/t6-,7-/m1/s1. The Hall–Kier alpha value is -0.770. The molecule has 4 nitrogen and oxygen atoms in total. The van der Waals surface area contributed by atoms with Gasteiger partial charge < -0.3 is 16.0 Å². The van der Waals surface area contributed by atoms with Gasteiger partial charge >= 0.3 is 6.03 Å². The Bertz CT molecular complexity index is 172. The van der Waals surface area contributed by atoms with Gasteiger partial charge in [0.15, 0.2) is 0 Å². The summed E-state index contributed by atoms with van der Waals surface area (Å²) in [4.78, 5) is 13.1. The zero-order valence-electron chi connectivity index (χ0n) is 7.71. The largest absolute Gasteiger partial charge is 0.341 e. The third-order valence-electron chi connectivity index (χ3n) is 2.52. The zero-order valence-corrected chi connectivity index (χ0v) is 7.71. The summed E-state index contributed by atoms with van der Waals surface area (Å²) in [6.07, 6.45) is 2.04. The zero-order chi connectivity index (χ0) is 9.14. The Balaban J connectivity index is 2.57. The molecular weight excluding hydrogens is 154 g/mol. The van der Waals surface area contributed by atoms with Crippen LogP contribution in [0.25, 0.3) is 0 Å². The first kappa shape index (κ1) is 9.32. The van der Waals surface area contributed by atoms with Crippen molar-refractivity contribution in [3.05, 3.63) is 0 Å². The van der Waals surface area contributed by atoms with Crippen LogP contribution in [0.3, 0.4) is 0 Å². The molecule has 0 unspecified atom stereocenters.